The van der Waals surface area contributed by atoms with Crippen molar-refractivity contribution in [1.29, 1.82) is 0 Å². The number of furan rings is 1. The van der Waals surface area contributed by atoms with Crippen molar-refractivity contribution in [2.45, 2.75) is 25.8 Å². The average molecular weight is 305 g/mol. The standard InChI is InChI=1S/C10H13BrN2O2S/c1-2-6(5-9(12)16)13-10(14)7-3-4-8(11)15-7/h3-4,6H,2,5H2,1H3,(H2,12,16)(H,13,14). The molecule has 0 aliphatic rings. The van der Waals surface area contributed by atoms with Crippen LogP contribution in [0.15, 0.2) is 21.2 Å². The quantitative estimate of drug-likeness (QED) is 0.819. The molecule has 1 aromatic rings. The number of carbonyl (C=O) groups is 1. The van der Waals surface area contributed by atoms with Gasteiger partial charge in [-0.1, -0.05) is 19.1 Å². The molecule has 4 nitrogen and oxygen atoms in total. The molecule has 3 N–H and O–H groups in total. The molecular weight excluding hydrogens is 292 g/mol. The van der Waals surface area contributed by atoms with Crippen LogP contribution in [0.4, 0.5) is 0 Å². The summed E-state index contributed by atoms with van der Waals surface area (Å²) >= 11 is 7.94. The van der Waals surface area contributed by atoms with Crippen molar-refractivity contribution in [2.24, 2.45) is 5.73 Å². The summed E-state index contributed by atoms with van der Waals surface area (Å²) in [7, 11) is 0. The van der Waals surface area contributed by atoms with Gasteiger partial charge in [0, 0.05) is 12.5 Å². The summed E-state index contributed by atoms with van der Waals surface area (Å²) in [6.07, 6.45) is 1.27. The fraction of sp³-hybridized carbons (Fsp3) is 0.400. The molecule has 0 fully saturated rings. The molecule has 0 aliphatic carbocycles. The van der Waals surface area contributed by atoms with Gasteiger partial charge in [-0.3, -0.25) is 4.79 Å². The van der Waals surface area contributed by atoms with Gasteiger partial charge >= 0.3 is 0 Å². The van der Waals surface area contributed by atoms with Crippen molar-refractivity contribution in [3.63, 3.8) is 0 Å². The molecule has 0 spiro atoms. The molecule has 1 heterocycles. The molecule has 1 aromatic heterocycles. The van der Waals surface area contributed by atoms with E-state index in [-0.39, 0.29) is 17.7 Å². The summed E-state index contributed by atoms with van der Waals surface area (Å²) < 4.78 is 5.66. The van der Waals surface area contributed by atoms with Gasteiger partial charge < -0.3 is 15.5 Å². The first-order chi connectivity index (χ1) is 7.52. The van der Waals surface area contributed by atoms with Crippen LogP contribution < -0.4 is 11.1 Å². The molecule has 1 unspecified atom stereocenters. The molecule has 16 heavy (non-hydrogen) atoms. The minimum absolute atomic E-state index is 0.0473. The summed E-state index contributed by atoms with van der Waals surface area (Å²) in [4.78, 5) is 12.1. The predicted octanol–water partition coefficient (Wildman–Crippen LogP) is 2.23. The molecule has 0 aliphatic heterocycles. The molecule has 0 saturated carbocycles. The van der Waals surface area contributed by atoms with Gasteiger partial charge in [0.15, 0.2) is 10.4 Å². The average Bonchev–Trinajstić information content (AvgIpc) is 2.63. The highest BCUT2D eigenvalue weighted by Gasteiger charge is 2.15. The highest BCUT2D eigenvalue weighted by Crippen LogP contribution is 2.14. The van der Waals surface area contributed by atoms with Crippen molar-refractivity contribution in [3.05, 3.63) is 22.6 Å². The third kappa shape index (κ3) is 3.94. The highest BCUT2D eigenvalue weighted by atomic mass is 79.9. The molecule has 0 saturated heterocycles. The van der Waals surface area contributed by atoms with Crippen molar-refractivity contribution < 1.29 is 9.21 Å². The smallest absolute Gasteiger partial charge is 0.287 e. The van der Waals surface area contributed by atoms with E-state index in [9.17, 15) is 4.79 Å². The Hall–Kier alpha value is -0.880. The molecule has 6 heteroatoms. The third-order valence-electron chi connectivity index (χ3n) is 2.07. The van der Waals surface area contributed by atoms with Crippen LogP contribution in [0.2, 0.25) is 0 Å². The first kappa shape index (κ1) is 13.2. The van der Waals surface area contributed by atoms with Crippen LogP contribution >= 0.6 is 28.1 Å². The summed E-state index contributed by atoms with van der Waals surface area (Å²) in [6, 6.07) is 3.23. The SMILES string of the molecule is CCC(CC(N)=S)NC(=O)c1ccc(Br)o1. The monoisotopic (exact) mass is 304 g/mol. The van der Waals surface area contributed by atoms with E-state index in [0.29, 0.717) is 16.1 Å². The lowest BCUT2D eigenvalue weighted by molar-refractivity contribution is 0.0908. The minimum atomic E-state index is -0.256. The van der Waals surface area contributed by atoms with E-state index in [1.165, 1.54) is 0 Å². The minimum Gasteiger partial charge on any atom is -0.444 e. The number of thiocarbonyl (C=S) groups is 1. The van der Waals surface area contributed by atoms with Crippen LogP contribution in [0, 0.1) is 0 Å². The summed E-state index contributed by atoms with van der Waals surface area (Å²) in [5.74, 6) is 0.0158. The van der Waals surface area contributed by atoms with Crippen LogP contribution in [-0.4, -0.2) is 16.9 Å². The van der Waals surface area contributed by atoms with E-state index in [2.05, 4.69) is 21.2 Å². The second-order valence-corrected chi connectivity index (χ2v) is 4.66. The van der Waals surface area contributed by atoms with Gasteiger partial charge in [-0.15, -0.1) is 0 Å². The van der Waals surface area contributed by atoms with Gasteiger partial charge in [0.2, 0.25) is 0 Å². The Morgan fingerprint density at radius 1 is 1.69 bits per heavy atom. The number of nitrogens with one attached hydrogen (secondary N) is 1. The number of amides is 1. The van der Waals surface area contributed by atoms with E-state index in [1.807, 2.05) is 6.92 Å². The maximum Gasteiger partial charge on any atom is 0.287 e. The van der Waals surface area contributed by atoms with Gasteiger partial charge in [0.25, 0.3) is 5.91 Å². The lowest BCUT2D eigenvalue weighted by Gasteiger charge is -2.14. The number of halogens is 1. The highest BCUT2D eigenvalue weighted by molar-refractivity contribution is 9.10. The van der Waals surface area contributed by atoms with Gasteiger partial charge in [0.05, 0.1) is 4.99 Å². The zero-order valence-electron chi connectivity index (χ0n) is 8.83. The van der Waals surface area contributed by atoms with Gasteiger partial charge in [-0.25, -0.2) is 0 Å². The van der Waals surface area contributed by atoms with Crippen molar-refractivity contribution in [3.8, 4) is 0 Å². The Balaban J connectivity index is 2.58. The fourth-order valence-electron chi connectivity index (χ4n) is 1.23. The normalized spacial score (nSPS) is 12.1. The molecule has 1 atom stereocenters. The van der Waals surface area contributed by atoms with Crippen molar-refractivity contribution in [2.75, 3.05) is 0 Å². The van der Waals surface area contributed by atoms with Gasteiger partial charge in [-0.2, -0.15) is 0 Å². The molecular formula is C10H13BrN2O2S. The largest absolute Gasteiger partial charge is 0.444 e. The first-order valence-electron chi connectivity index (χ1n) is 4.87. The van der Waals surface area contributed by atoms with E-state index in [4.69, 9.17) is 22.4 Å². The molecule has 0 aromatic carbocycles. The number of carbonyl (C=O) groups excluding carboxylic acids is 1. The lowest BCUT2D eigenvalue weighted by Crippen LogP contribution is -2.36. The van der Waals surface area contributed by atoms with Crippen LogP contribution in [0.3, 0.4) is 0 Å². The first-order valence-corrected chi connectivity index (χ1v) is 6.07. The maximum atomic E-state index is 11.7. The van der Waals surface area contributed by atoms with E-state index in [1.54, 1.807) is 12.1 Å². The molecule has 1 rings (SSSR count). The second-order valence-electron chi connectivity index (χ2n) is 3.35. The zero-order chi connectivity index (χ0) is 12.1. The third-order valence-corrected chi connectivity index (χ3v) is 2.67. The zero-order valence-corrected chi connectivity index (χ0v) is 11.2. The van der Waals surface area contributed by atoms with E-state index >= 15 is 0 Å². The Kier molecular flexibility index (Phi) is 4.95. The number of nitrogens with two attached hydrogens (primary N) is 1. The van der Waals surface area contributed by atoms with Gasteiger partial charge in [0.1, 0.15) is 0 Å². The van der Waals surface area contributed by atoms with Gasteiger partial charge in [-0.05, 0) is 34.5 Å². The van der Waals surface area contributed by atoms with Crippen LogP contribution in [-0.2, 0) is 0 Å². The summed E-state index contributed by atoms with van der Waals surface area (Å²) in [5.41, 5.74) is 5.44. The topological polar surface area (TPSA) is 68.3 Å². The van der Waals surface area contributed by atoms with Crippen LogP contribution in [0.1, 0.15) is 30.3 Å². The lowest BCUT2D eigenvalue weighted by atomic mass is 10.1. The summed E-state index contributed by atoms with van der Waals surface area (Å²) in [6.45, 7) is 1.96. The van der Waals surface area contributed by atoms with E-state index in [0.717, 1.165) is 6.42 Å². The predicted molar refractivity (Wildman–Crippen MR) is 69.4 cm³/mol. The van der Waals surface area contributed by atoms with Crippen LogP contribution in [0.25, 0.3) is 0 Å². The Morgan fingerprint density at radius 3 is 2.81 bits per heavy atom. The second kappa shape index (κ2) is 6.00. The molecule has 0 bridgehead atoms. The van der Waals surface area contributed by atoms with E-state index < -0.39 is 0 Å². The number of hydrogen-bond donors (Lipinski definition) is 2. The Labute approximate surface area is 108 Å². The van der Waals surface area contributed by atoms with Crippen molar-refractivity contribution >= 4 is 39.0 Å². The number of hydrogen-bond acceptors (Lipinski definition) is 3. The maximum absolute atomic E-state index is 11.7. The Morgan fingerprint density at radius 2 is 2.38 bits per heavy atom. The molecule has 0 radical (unpaired) electrons. The molecule has 88 valence electrons. The van der Waals surface area contributed by atoms with Crippen LogP contribution in [0.5, 0.6) is 0 Å². The number of rotatable bonds is 5. The molecule has 1 amide bonds. The summed E-state index contributed by atoms with van der Waals surface area (Å²) in [5, 5.41) is 2.81. The van der Waals surface area contributed by atoms with Crippen molar-refractivity contribution in [1.82, 2.24) is 5.32 Å². The fourth-order valence-corrected chi connectivity index (χ4v) is 1.74. The Bertz CT molecular complexity index is 392.